The van der Waals surface area contributed by atoms with Gasteiger partial charge >= 0.3 is 0 Å². The molecule has 0 bridgehead atoms. The largest absolute Gasteiger partial charge is 0.496 e. The van der Waals surface area contributed by atoms with E-state index in [9.17, 15) is 0 Å². The van der Waals surface area contributed by atoms with E-state index >= 15 is 0 Å². The molecule has 0 aliphatic carbocycles. The average molecular weight is 391 g/mol. The zero-order chi connectivity index (χ0) is 13.0. The normalized spacial score (nSPS) is 10.6. The van der Waals surface area contributed by atoms with E-state index in [1.807, 2.05) is 6.07 Å². The summed E-state index contributed by atoms with van der Waals surface area (Å²) in [5.41, 5.74) is 1.23. The van der Waals surface area contributed by atoms with Gasteiger partial charge in [0.15, 0.2) is 0 Å². The number of rotatable bonds is 5. The van der Waals surface area contributed by atoms with E-state index in [4.69, 9.17) is 4.74 Å². The molecular formula is C13H13Br2NOS. The minimum absolute atomic E-state index is 0.840. The van der Waals surface area contributed by atoms with Crippen LogP contribution < -0.4 is 10.1 Å². The second kappa shape index (κ2) is 6.70. The summed E-state index contributed by atoms with van der Waals surface area (Å²) in [4.78, 5) is 1.32. The molecular weight excluding hydrogens is 378 g/mol. The minimum Gasteiger partial charge on any atom is -0.496 e. The molecule has 0 amide bonds. The number of ether oxygens (including phenoxy) is 1. The van der Waals surface area contributed by atoms with E-state index in [0.29, 0.717) is 0 Å². The molecule has 2 nitrogen and oxygen atoms in total. The van der Waals surface area contributed by atoms with Crippen molar-refractivity contribution in [1.82, 2.24) is 5.32 Å². The Hall–Kier alpha value is -0.360. The fourth-order valence-electron chi connectivity index (χ4n) is 1.59. The predicted octanol–water partition coefficient (Wildman–Crippen LogP) is 4.57. The third-order valence-corrected chi connectivity index (χ3v) is 5.07. The van der Waals surface area contributed by atoms with E-state index < -0.39 is 0 Å². The van der Waals surface area contributed by atoms with Gasteiger partial charge in [0, 0.05) is 22.4 Å². The highest BCUT2D eigenvalue weighted by molar-refractivity contribution is 9.10. The van der Waals surface area contributed by atoms with Crippen molar-refractivity contribution in [2.24, 2.45) is 0 Å². The molecule has 0 radical (unpaired) electrons. The molecule has 2 rings (SSSR count). The molecule has 2 aromatic rings. The molecule has 0 saturated carbocycles. The van der Waals surface area contributed by atoms with Crippen molar-refractivity contribution < 1.29 is 4.74 Å². The summed E-state index contributed by atoms with van der Waals surface area (Å²) in [7, 11) is 1.67. The number of benzene rings is 1. The highest BCUT2D eigenvalue weighted by atomic mass is 79.9. The first-order valence-corrected chi connectivity index (χ1v) is 7.92. The van der Waals surface area contributed by atoms with Crippen LogP contribution in [0.15, 0.2) is 38.6 Å². The smallest absolute Gasteiger partial charge is 0.133 e. The standard InChI is InChI=1S/C13H13Br2NOS/c1-17-12-3-2-9(6-11(12)15)7-16-8-13-10(14)4-5-18-13/h2-6,16H,7-8H2,1H3. The number of nitrogens with one attached hydrogen (secondary N) is 1. The lowest BCUT2D eigenvalue weighted by atomic mass is 10.2. The zero-order valence-corrected chi connectivity index (χ0v) is 13.9. The molecule has 1 aromatic carbocycles. The van der Waals surface area contributed by atoms with Gasteiger partial charge in [-0.05, 0) is 61.0 Å². The quantitative estimate of drug-likeness (QED) is 0.807. The molecule has 0 unspecified atom stereocenters. The van der Waals surface area contributed by atoms with Crippen LogP contribution in [0.3, 0.4) is 0 Å². The van der Waals surface area contributed by atoms with Crippen LogP contribution in [0.5, 0.6) is 5.75 Å². The Morgan fingerprint density at radius 1 is 1.17 bits per heavy atom. The third-order valence-electron chi connectivity index (χ3n) is 2.52. The van der Waals surface area contributed by atoms with Crippen LogP contribution in [-0.4, -0.2) is 7.11 Å². The molecule has 5 heteroatoms. The Morgan fingerprint density at radius 2 is 2.00 bits per heavy atom. The molecule has 0 saturated heterocycles. The van der Waals surface area contributed by atoms with Crippen molar-refractivity contribution in [3.8, 4) is 5.75 Å². The van der Waals surface area contributed by atoms with Crippen LogP contribution in [0.2, 0.25) is 0 Å². The summed E-state index contributed by atoms with van der Waals surface area (Å²) >= 11 is 8.78. The SMILES string of the molecule is COc1ccc(CNCc2sccc2Br)cc1Br. The summed E-state index contributed by atoms with van der Waals surface area (Å²) in [5, 5.41) is 5.52. The lowest BCUT2D eigenvalue weighted by Gasteiger charge is -2.07. The van der Waals surface area contributed by atoms with Gasteiger partial charge in [-0.1, -0.05) is 6.07 Å². The Labute approximate surface area is 128 Å². The van der Waals surface area contributed by atoms with E-state index in [0.717, 1.165) is 23.3 Å². The number of hydrogen-bond donors (Lipinski definition) is 1. The molecule has 0 aliphatic rings. The maximum atomic E-state index is 5.21. The van der Waals surface area contributed by atoms with Gasteiger partial charge in [0.2, 0.25) is 0 Å². The van der Waals surface area contributed by atoms with Crippen LogP contribution in [0.4, 0.5) is 0 Å². The van der Waals surface area contributed by atoms with Gasteiger partial charge in [0.1, 0.15) is 5.75 Å². The number of methoxy groups -OCH3 is 1. The molecule has 96 valence electrons. The molecule has 1 heterocycles. The van der Waals surface area contributed by atoms with E-state index in [1.54, 1.807) is 18.4 Å². The fourth-order valence-corrected chi connectivity index (χ4v) is 3.64. The van der Waals surface area contributed by atoms with Crippen LogP contribution in [-0.2, 0) is 13.1 Å². The third kappa shape index (κ3) is 3.57. The first kappa shape index (κ1) is 14.1. The van der Waals surface area contributed by atoms with Crippen LogP contribution in [0.1, 0.15) is 10.4 Å². The summed E-state index contributed by atoms with van der Waals surface area (Å²) in [6.07, 6.45) is 0. The van der Waals surface area contributed by atoms with Gasteiger partial charge in [-0.3, -0.25) is 0 Å². The summed E-state index contributed by atoms with van der Waals surface area (Å²) in [6, 6.07) is 8.20. The highest BCUT2D eigenvalue weighted by Crippen LogP contribution is 2.26. The predicted molar refractivity (Wildman–Crippen MR) is 83.3 cm³/mol. The van der Waals surface area contributed by atoms with Crippen LogP contribution in [0, 0.1) is 0 Å². The Kier molecular flexibility index (Phi) is 5.24. The number of hydrogen-bond acceptors (Lipinski definition) is 3. The van der Waals surface area contributed by atoms with Crippen molar-refractivity contribution in [3.63, 3.8) is 0 Å². The Morgan fingerprint density at radius 3 is 2.61 bits per heavy atom. The van der Waals surface area contributed by atoms with E-state index in [2.05, 4.69) is 60.8 Å². The van der Waals surface area contributed by atoms with Gasteiger partial charge in [0.05, 0.1) is 11.6 Å². The molecule has 0 spiro atoms. The maximum Gasteiger partial charge on any atom is 0.133 e. The molecule has 1 N–H and O–H groups in total. The zero-order valence-electron chi connectivity index (χ0n) is 9.87. The average Bonchev–Trinajstić information content (AvgIpc) is 2.75. The van der Waals surface area contributed by atoms with Crippen molar-refractivity contribution in [2.45, 2.75) is 13.1 Å². The molecule has 0 aliphatic heterocycles. The summed E-state index contributed by atoms with van der Waals surface area (Å²) in [5.74, 6) is 0.861. The fraction of sp³-hybridized carbons (Fsp3) is 0.231. The monoisotopic (exact) mass is 389 g/mol. The minimum atomic E-state index is 0.840. The molecule has 0 fully saturated rings. The number of halogens is 2. The maximum absolute atomic E-state index is 5.21. The molecule has 0 atom stereocenters. The van der Waals surface area contributed by atoms with Gasteiger partial charge in [-0.15, -0.1) is 11.3 Å². The first-order chi connectivity index (χ1) is 8.70. The Bertz CT molecular complexity index is 527. The second-order valence-electron chi connectivity index (χ2n) is 3.76. The van der Waals surface area contributed by atoms with Gasteiger partial charge < -0.3 is 10.1 Å². The van der Waals surface area contributed by atoms with Crippen molar-refractivity contribution >= 4 is 43.2 Å². The van der Waals surface area contributed by atoms with Crippen molar-refractivity contribution in [1.29, 1.82) is 0 Å². The van der Waals surface area contributed by atoms with Gasteiger partial charge in [0.25, 0.3) is 0 Å². The van der Waals surface area contributed by atoms with Gasteiger partial charge in [-0.2, -0.15) is 0 Å². The number of thiophene rings is 1. The van der Waals surface area contributed by atoms with E-state index in [1.165, 1.54) is 14.9 Å². The molecule has 1 aromatic heterocycles. The lowest BCUT2D eigenvalue weighted by Crippen LogP contribution is -2.12. The first-order valence-electron chi connectivity index (χ1n) is 5.45. The van der Waals surface area contributed by atoms with Crippen LogP contribution in [0.25, 0.3) is 0 Å². The molecule has 18 heavy (non-hydrogen) atoms. The Balaban J connectivity index is 1.91. The van der Waals surface area contributed by atoms with Crippen molar-refractivity contribution in [3.05, 3.63) is 49.0 Å². The van der Waals surface area contributed by atoms with Crippen LogP contribution >= 0.6 is 43.2 Å². The van der Waals surface area contributed by atoms with E-state index in [-0.39, 0.29) is 0 Å². The van der Waals surface area contributed by atoms with Gasteiger partial charge in [-0.25, -0.2) is 0 Å². The second-order valence-corrected chi connectivity index (χ2v) is 6.47. The lowest BCUT2D eigenvalue weighted by molar-refractivity contribution is 0.412. The summed E-state index contributed by atoms with van der Waals surface area (Å²) in [6.45, 7) is 1.72. The van der Waals surface area contributed by atoms with Crippen molar-refractivity contribution in [2.75, 3.05) is 7.11 Å². The topological polar surface area (TPSA) is 21.3 Å². The highest BCUT2D eigenvalue weighted by Gasteiger charge is 2.03. The summed E-state index contributed by atoms with van der Waals surface area (Å²) < 4.78 is 7.37.